The molecule has 1 aliphatic heterocycles. The van der Waals surface area contributed by atoms with Crippen molar-refractivity contribution in [3.63, 3.8) is 0 Å². The predicted octanol–water partition coefficient (Wildman–Crippen LogP) is 5.75. The highest BCUT2D eigenvalue weighted by Crippen LogP contribution is 2.28. The molecule has 3 aromatic rings. The van der Waals surface area contributed by atoms with E-state index in [4.69, 9.17) is 9.15 Å². The van der Waals surface area contributed by atoms with Gasteiger partial charge in [0.2, 0.25) is 5.88 Å². The molecular weight excluding hydrogens is 388 g/mol. The molecule has 2 heterocycles. The molecule has 2 aromatic carbocycles. The second kappa shape index (κ2) is 8.79. The fraction of sp³-hybridized carbons (Fsp3) is 0.115. The lowest BCUT2D eigenvalue weighted by atomic mass is 9.96. The van der Waals surface area contributed by atoms with Crippen LogP contribution in [0.3, 0.4) is 0 Å². The van der Waals surface area contributed by atoms with Gasteiger partial charge in [0.1, 0.15) is 11.3 Å². The summed E-state index contributed by atoms with van der Waals surface area (Å²) in [5, 5.41) is 0.871. The molecule has 1 aliphatic rings. The molecule has 0 saturated carbocycles. The van der Waals surface area contributed by atoms with Gasteiger partial charge < -0.3 is 9.15 Å². The first-order chi connectivity index (χ1) is 15.1. The van der Waals surface area contributed by atoms with Gasteiger partial charge in [0.05, 0.1) is 5.69 Å². The monoisotopic (exact) mass is 410 g/mol. The van der Waals surface area contributed by atoms with Gasteiger partial charge in [0.25, 0.3) is 0 Å². The van der Waals surface area contributed by atoms with E-state index >= 15 is 0 Å². The van der Waals surface area contributed by atoms with Crippen molar-refractivity contribution in [3.8, 4) is 5.75 Å². The Morgan fingerprint density at radius 2 is 1.90 bits per heavy atom. The van der Waals surface area contributed by atoms with Crippen molar-refractivity contribution in [2.75, 3.05) is 0 Å². The Balaban J connectivity index is 1.69. The smallest absolute Gasteiger partial charge is 0.340 e. The summed E-state index contributed by atoms with van der Waals surface area (Å²) in [6.45, 7) is 7.54. The van der Waals surface area contributed by atoms with E-state index in [9.17, 15) is 4.79 Å². The second-order valence-electron chi connectivity index (χ2n) is 7.20. The Morgan fingerprint density at radius 3 is 2.74 bits per heavy atom. The number of nitrogens with zero attached hydrogens (tertiary/aromatic N) is 2. The molecule has 0 aliphatic carbocycles. The molecule has 0 saturated heterocycles. The Morgan fingerprint density at radius 1 is 1.06 bits per heavy atom. The SMILES string of the molecule is C=Nc1cccc(Cc2c(C)c3ccc(OC4=CC=CC=CC=N4)cc3oc2=O)c1C. The molecule has 0 atom stereocenters. The van der Waals surface area contributed by atoms with E-state index in [-0.39, 0.29) is 5.63 Å². The Hall–Kier alpha value is -3.99. The van der Waals surface area contributed by atoms with Crippen molar-refractivity contribution < 1.29 is 9.15 Å². The second-order valence-corrected chi connectivity index (χ2v) is 7.20. The van der Waals surface area contributed by atoms with Crippen molar-refractivity contribution in [2.45, 2.75) is 20.3 Å². The third-order valence-electron chi connectivity index (χ3n) is 5.30. The molecule has 0 unspecified atom stereocenters. The van der Waals surface area contributed by atoms with Gasteiger partial charge in [-0.15, -0.1) is 0 Å². The molecule has 0 fully saturated rings. The summed E-state index contributed by atoms with van der Waals surface area (Å²) < 4.78 is 11.5. The maximum absolute atomic E-state index is 12.8. The summed E-state index contributed by atoms with van der Waals surface area (Å²) in [6.07, 6.45) is 11.3. The zero-order valence-electron chi connectivity index (χ0n) is 17.5. The highest BCUT2D eigenvalue weighted by molar-refractivity contribution is 5.82. The topological polar surface area (TPSA) is 64.2 Å². The lowest BCUT2D eigenvalue weighted by molar-refractivity contribution is 0.421. The van der Waals surface area contributed by atoms with Crippen LogP contribution in [0.2, 0.25) is 0 Å². The molecule has 1 aromatic heterocycles. The van der Waals surface area contributed by atoms with Gasteiger partial charge in [0, 0.05) is 35.7 Å². The van der Waals surface area contributed by atoms with Crippen LogP contribution in [-0.4, -0.2) is 12.9 Å². The first-order valence-electron chi connectivity index (χ1n) is 9.94. The zero-order valence-corrected chi connectivity index (χ0v) is 17.5. The van der Waals surface area contributed by atoms with Gasteiger partial charge in [-0.1, -0.05) is 30.4 Å². The summed E-state index contributed by atoms with van der Waals surface area (Å²) in [5.41, 5.74) is 4.51. The number of aryl methyl sites for hydroxylation is 1. The number of fused-ring (bicyclic) bond motifs is 1. The van der Waals surface area contributed by atoms with Crippen molar-refractivity contribution in [1.82, 2.24) is 0 Å². The Kier molecular flexibility index (Phi) is 5.76. The van der Waals surface area contributed by atoms with Crippen molar-refractivity contribution in [3.05, 3.63) is 105 Å². The highest BCUT2D eigenvalue weighted by Gasteiger charge is 2.15. The molecule has 31 heavy (non-hydrogen) atoms. The van der Waals surface area contributed by atoms with Crippen LogP contribution in [0.15, 0.2) is 91.9 Å². The zero-order chi connectivity index (χ0) is 21.8. The molecule has 4 rings (SSSR count). The minimum Gasteiger partial charge on any atom is -0.439 e. The highest BCUT2D eigenvalue weighted by atomic mass is 16.5. The van der Waals surface area contributed by atoms with Crippen LogP contribution in [-0.2, 0) is 6.42 Å². The normalized spacial score (nSPS) is 13.0. The largest absolute Gasteiger partial charge is 0.439 e. The first kappa shape index (κ1) is 20.3. The number of hydrogen-bond acceptors (Lipinski definition) is 5. The third kappa shape index (κ3) is 4.31. The standard InChI is InChI=1S/C26H22N2O3/c1-17-19(9-8-10-23(17)27-3)15-22-18(2)21-13-12-20(16-24(21)31-26(22)29)30-25-11-6-4-5-7-14-28-25/h4-14,16H,3,15H2,1-2H3. The molecule has 0 N–H and O–H groups in total. The van der Waals surface area contributed by atoms with Crippen LogP contribution in [0.25, 0.3) is 11.0 Å². The van der Waals surface area contributed by atoms with Gasteiger partial charge in [0.15, 0.2) is 0 Å². The maximum atomic E-state index is 12.8. The number of hydrogen-bond donors (Lipinski definition) is 0. The molecule has 5 nitrogen and oxygen atoms in total. The minimum atomic E-state index is -0.352. The van der Waals surface area contributed by atoms with Gasteiger partial charge >= 0.3 is 5.63 Å². The number of aliphatic imine (C=N–C) groups is 2. The van der Waals surface area contributed by atoms with Crippen LogP contribution in [0.5, 0.6) is 5.75 Å². The van der Waals surface area contributed by atoms with E-state index < -0.39 is 0 Å². The van der Waals surface area contributed by atoms with E-state index in [2.05, 4.69) is 16.7 Å². The Labute approximate surface area is 180 Å². The van der Waals surface area contributed by atoms with Crippen LogP contribution in [0.4, 0.5) is 5.69 Å². The van der Waals surface area contributed by atoms with Crippen molar-refractivity contribution >= 4 is 29.6 Å². The van der Waals surface area contributed by atoms with Gasteiger partial charge in [-0.2, -0.15) is 0 Å². The quantitative estimate of drug-likeness (QED) is 0.397. The first-order valence-corrected chi connectivity index (χ1v) is 9.94. The summed E-state index contributed by atoms with van der Waals surface area (Å²) in [5.74, 6) is 0.992. The van der Waals surface area contributed by atoms with E-state index in [0.29, 0.717) is 29.2 Å². The van der Waals surface area contributed by atoms with E-state index in [0.717, 1.165) is 27.8 Å². The van der Waals surface area contributed by atoms with Crippen LogP contribution < -0.4 is 10.4 Å². The van der Waals surface area contributed by atoms with Crippen molar-refractivity contribution in [1.29, 1.82) is 0 Å². The lowest BCUT2D eigenvalue weighted by Gasteiger charge is -2.12. The summed E-state index contributed by atoms with van der Waals surface area (Å²) in [7, 11) is 0. The van der Waals surface area contributed by atoms with Gasteiger partial charge in [-0.3, -0.25) is 4.99 Å². The van der Waals surface area contributed by atoms with Crippen LogP contribution >= 0.6 is 0 Å². The lowest BCUT2D eigenvalue weighted by Crippen LogP contribution is -2.11. The molecule has 154 valence electrons. The summed E-state index contributed by atoms with van der Waals surface area (Å²) in [6, 6.07) is 11.3. The summed E-state index contributed by atoms with van der Waals surface area (Å²) >= 11 is 0. The van der Waals surface area contributed by atoms with Crippen LogP contribution in [0.1, 0.15) is 22.3 Å². The molecule has 0 spiro atoms. The van der Waals surface area contributed by atoms with Crippen molar-refractivity contribution in [2.24, 2.45) is 9.98 Å². The fourth-order valence-electron chi connectivity index (χ4n) is 3.52. The number of allylic oxidation sites excluding steroid dienone is 5. The third-order valence-corrected chi connectivity index (χ3v) is 5.30. The molecule has 0 bridgehead atoms. The fourth-order valence-corrected chi connectivity index (χ4v) is 3.52. The average Bonchev–Trinajstić information content (AvgIpc) is 2.74. The Bertz CT molecular complexity index is 1340. The molecule has 5 heteroatoms. The summed E-state index contributed by atoms with van der Waals surface area (Å²) in [4.78, 5) is 21.1. The number of ether oxygens (including phenoxy) is 1. The van der Waals surface area contributed by atoms with E-state index in [1.165, 1.54) is 0 Å². The van der Waals surface area contributed by atoms with E-state index in [1.54, 1.807) is 18.4 Å². The molecular formula is C26H22N2O3. The average molecular weight is 410 g/mol. The predicted molar refractivity (Wildman–Crippen MR) is 126 cm³/mol. The molecule has 0 radical (unpaired) electrons. The van der Waals surface area contributed by atoms with Crippen LogP contribution in [0, 0.1) is 13.8 Å². The van der Waals surface area contributed by atoms with Gasteiger partial charge in [-0.05, 0) is 61.5 Å². The van der Waals surface area contributed by atoms with E-state index in [1.807, 2.05) is 68.5 Å². The minimum absolute atomic E-state index is 0.352. The molecule has 0 amide bonds. The maximum Gasteiger partial charge on any atom is 0.340 e. The number of rotatable bonds is 5. The number of benzene rings is 2. The van der Waals surface area contributed by atoms with Gasteiger partial charge in [-0.25, -0.2) is 9.79 Å².